The Morgan fingerprint density at radius 2 is 2.45 bits per heavy atom. The van der Waals surface area contributed by atoms with Crippen LogP contribution in [0.4, 0.5) is 0 Å². The average Bonchev–Trinajstić information content (AvgIpc) is 1.86. The van der Waals surface area contributed by atoms with Crippen LogP contribution in [0.15, 0.2) is 24.0 Å². The van der Waals surface area contributed by atoms with Crippen LogP contribution < -0.4 is 5.73 Å². The van der Waals surface area contributed by atoms with Gasteiger partial charge in [-0.2, -0.15) is 0 Å². The predicted octanol–water partition coefficient (Wildman–Crippen LogP) is 0.320. The number of rotatable bonds is 1. The standard InChI is InChI=1S/C6H8N2O3/c7-6(8(10)11)3-1-2-5(9)4-6/h1-3,9H,4,7H2. The summed E-state index contributed by atoms with van der Waals surface area (Å²) in [4.78, 5) is 9.69. The summed E-state index contributed by atoms with van der Waals surface area (Å²) >= 11 is 0. The van der Waals surface area contributed by atoms with E-state index >= 15 is 0 Å². The molecule has 0 aromatic carbocycles. The summed E-state index contributed by atoms with van der Waals surface area (Å²) < 4.78 is 0. The van der Waals surface area contributed by atoms with Crippen molar-refractivity contribution >= 4 is 0 Å². The molecule has 1 aliphatic carbocycles. The van der Waals surface area contributed by atoms with Crippen LogP contribution in [0.1, 0.15) is 6.42 Å². The maximum absolute atomic E-state index is 10.3. The minimum absolute atomic E-state index is 0.0632. The van der Waals surface area contributed by atoms with Gasteiger partial charge in [-0.1, -0.05) is 6.08 Å². The molecule has 0 bridgehead atoms. The van der Waals surface area contributed by atoms with E-state index in [1.165, 1.54) is 18.2 Å². The summed E-state index contributed by atoms with van der Waals surface area (Å²) in [5.74, 6) is -0.0632. The van der Waals surface area contributed by atoms with Gasteiger partial charge in [0.25, 0.3) is 5.66 Å². The molecule has 0 fully saturated rings. The molecule has 1 aliphatic rings. The van der Waals surface area contributed by atoms with Crippen LogP contribution in [-0.4, -0.2) is 15.7 Å². The molecule has 0 saturated heterocycles. The number of nitro groups is 1. The normalized spacial score (nSPS) is 29.7. The molecule has 1 unspecified atom stereocenters. The Hall–Kier alpha value is -1.36. The van der Waals surface area contributed by atoms with E-state index in [4.69, 9.17) is 10.8 Å². The SMILES string of the molecule is NC1([N+](=O)[O-])C=CC=C(O)C1. The van der Waals surface area contributed by atoms with Crippen LogP contribution in [0.2, 0.25) is 0 Å². The van der Waals surface area contributed by atoms with Gasteiger partial charge in [-0.25, -0.2) is 0 Å². The van der Waals surface area contributed by atoms with Gasteiger partial charge in [0, 0.05) is 11.0 Å². The molecule has 0 aromatic heterocycles. The third-order valence-corrected chi connectivity index (χ3v) is 1.48. The largest absolute Gasteiger partial charge is 0.512 e. The lowest BCUT2D eigenvalue weighted by Crippen LogP contribution is -2.46. The summed E-state index contributed by atoms with van der Waals surface area (Å²) in [5.41, 5.74) is 3.68. The number of allylic oxidation sites excluding steroid dienone is 2. The van der Waals surface area contributed by atoms with E-state index in [1.54, 1.807) is 0 Å². The van der Waals surface area contributed by atoms with Crippen LogP contribution >= 0.6 is 0 Å². The second-order valence-electron chi connectivity index (χ2n) is 2.44. The first-order chi connectivity index (χ1) is 5.04. The van der Waals surface area contributed by atoms with Gasteiger partial charge in [0.2, 0.25) is 0 Å². The lowest BCUT2D eigenvalue weighted by atomic mass is 10.0. The van der Waals surface area contributed by atoms with Crippen LogP contribution in [0, 0.1) is 10.1 Å². The zero-order valence-electron chi connectivity index (χ0n) is 5.73. The Morgan fingerprint density at radius 3 is 2.82 bits per heavy atom. The molecule has 0 aliphatic heterocycles. The highest BCUT2D eigenvalue weighted by atomic mass is 16.6. The van der Waals surface area contributed by atoms with Gasteiger partial charge in [0.05, 0.1) is 6.42 Å². The van der Waals surface area contributed by atoms with Crippen LogP contribution in [0.3, 0.4) is 0 Å². The predicted molar refractivity (Wildman–Crippen MR) is 38.4 cm³/mol. The maximum atomic E-state index is 10.3. The number of aliphatic hydroxyl groups excluding tert-OH is 1. The minimum Gasteiger partial charge on any atom is -0.512 e. The second kappa shape index (κ2) is 2.35. The number of hydrogen-bond donors (Lipinski definition) is 2. The monoisotopic (exact) mass is 156 g/mol. The van der Waals surface area contributed by atoms with Crippen molar-refractivity contribution < 1.29 is 10.0 Å². The van der Waals surface area contributed by atoms with Crippen LogP contribution in [0.25, 0.3) is 0 Å². The first kappa shape index (κ1) is 7.74. The molecule has 1 atom stereocenters. The molecule has 11 heavy (non-hydrogen) atoms. The van der Waals surface area contributed by atoms with E-state index in [1.807, 2.05) is 0 Å². The summed E-state index contributed by atoms with van der Waals surface area (Å²) in [6.45, 7) is 0. The first-order valence-corrected chi connectivity index (χ1v) is 3.05. The van der Waals surface area contributed by atoms with E-state index in [0.717, 1.165) is 0 Å². The van der Waals surface area contributed by atoms with Crippen molar-refractivity contribution in [3.8, 4) is 0 Å². The quantitative estimate of drug-likeness (QED) is 0.325. The van der Waals surface area contributed by atoms with Gasteiger partial charge in [0.15, 0.2) is 0 Å². The van der Waals surface area contributed by atoms with Crippen LogP contribution in [-0.2, 0) is 0 Å². The highest BCUT2D eigenvalue weighted by Crippen LogP contribution is 2.18. The smallest absolute Gasteiger partial charge is 0.298 e. The van der Waals surface area contributed by atoms with Crippen molar-refractivity contribution in [3.63, 3.8) is 0 Å². The summed E-state index contributed by atoms with van der Waals surface area (Å²) in [7, 11) is 0. The van der Waals surface area contributed by atoms with Crippen molar-refractivity contribution in [2.45, 2.75) is 12.1 Å². The molecular weight excluding hydrogens is 148 g/mol. The molecule has 0 heterocycles. The Balaban J connectivity index is 2.86. The maximum Gasteiger partial charge on any atom is 0.298 e. The molecule has 1 rings (SSSR count). The number of hydrogen-bond acceptors (Lipinski definition) is 4. The fourth-order valence-electron chi connectivity index (χ4n) is 0.859. The van der Waals surface area contributed by atoms with E-state index in [9.17, 15) is 10.1 Å². The summed E-state index contributed by atoms with van der Waals surface area (Å²) in [6.07, 6.45) is 3.87. The Morgan fingerprint density at radius 1 is 1.82 bits per heavy atom. The van der Waals surface area contributed by atoms with E-state index in [2.05, 4.69) is 0 Å². The molecule has 0 amide bonds. The number of nitrogens with zero attached hydrogens (tertiary/aromatic N) is 1. The number of aliphatic hydroxyl groups is 1. The lowest BCUT2D eigenvalue weighted by molar-refractivity contribution is -0.554. The van der Waals surface area contributed by atoms with Gasteiger partial charge in [-0.05, 0) is 6.08 Å². The minimum atomic E-state index is -1.63. The van der Waals surface area contributed by atoms with Crippen molar-refractivity contribution in [2.75, 3.05) is 0 Å². The fraction of sp³-hybridized carbons (Fsp3) is 0.333. The molecule has 0 aromatic rings. The molecule has 5 nitrogen and oxygen atoms in total. The molecule has 60 valence electrons. The second-order valence-corrected chi connectivity index (χ2v) is 2.44. The van der Waals surface area contributed by atoms with Gasteiger partial charge in [-0.15, -0.1) is 0 Å². The van der Waals surface area contributed by atoms with Crippen molar-refractivity contribution in [3.05, 3.63) is 34.1 Å². The molecule has 0 spiro atoms. The average molecular weight is 156 g/mol. The summed E-state index contributed by atoms with van der Waals surface area (Å²) in [6, 6.07) is 0. The zero-order chi connectivity index (χ0) is 8.48. The molecule has 5 heteroatoms. The van der Waals surface area contributed by atoms with Crippen molar-refractivity contribution in [1.29, 1.82) is 0 Å². The van der Waals surface area contributed by atoms with Crippen molar-refractivity contribution in [1.82, 2.24) is 0 Å². The Labute approximate surface area is 63.0 Å². The first-order valence-electron chi connectivity index (χ1n) is 3.05. The van der Waals surface area contributed by atoms with Gasteiger partial charge >= 0.3 is 0 Å². The Kier molecular flexibility index (Phi) is 1.66. The zero-order valence-corrected chi connectivity index (χ0v) is 5.73. The van der Waals surface area contributed by atoms with Crippen LogP contribution in [0.5, 0.6) is 0 Å². The summed E-state index contributed by atoms with van der Waals surface area (Å²) in [5, 5.41) is 19.2. The molecule has 3 N–H and O–H groups in total. The number of nitrogens with two attached hydrogens (primary N) is 1. The third-order valence-electron chi connectivity index (χ3n) is 1.48. The van der Waals surface area contributed by atoms with E-state index < -0.39 is 10.6 Å². The van der Waals surface area contributed by atoms with Gasteiger partial charge < -0.3 is 5.11 Å². The van der Waals surface area contributed by atoms with Crippen molar-refractivity contribution in [2.24, 2.45) is 5.73 Å². The third kappa shape index (κ3) is 1.38. The molecule has 0 saturated carbocycles. The molecular formula is C6H8N2O3. The van der Waals surface area contributed by atoms with Gasteiger partial charge in [0.1, 0.15) is 5.76 Å². The highest BCUT2D eigenvalue weighted by Gasteiger charge is 2.37. The van der Waals surface area contributed by atoms with E-state index in [0.29, 0.717) is 0 Å². The van der Waals surface area contributed by atoms with Gasteiger partial charge in [-0.3, -0.25) is 15.8 Å². The highest BCUT2D eigenvalue weighted by molar-refractivity contribution is 5.19. The molecule has 0 radical (unpaired) electrons. The Bertz CT molecular complexity index is 246. The topological polar surface area (TPSA) is 89.4 Å². The fourth-order valence-corrected chi connectivity index (χ4v) is 0.859. The van der Waals surface area contributed by atoms with E-state index in [-0.39, 0.29) is 12.2 Å². The lowest BCUT2D eigenvalue weighted by Gasteiger charge is -2.17.